The summed E-state index contributed by atoms with van der Waals surface area (Å²) < 4.78 is 10.7. The van der Waals surface area contributed by atoms with Crippen LogP contribution in [0.25, 0.3) is 0 Å². The van der Waals surface area contributed by atoms with Gasteiger partial charge in [0.25, 0.3) is 0 Å². The molecule has 0 radical (unpaired) electrons. The fourth-order valence-corrected chi connectivity index (χ4v) is 3.16. The maximum absolute atomic E-state index is 12.6. The number of fused-ring (bicyclic) bond motifs is 2. The van der Waals surface area contributed by atoms with Gasteiger partial charge in [-0.1, -0.05) is 18.2 Å². The molecule has 0 bridgehead atoms. The molecule has 0 aromatic heterocycles. The molecule has 2 aromatic rings. The minimum atomic E-state index is 0.0348. The van der Waals surface area contributed by atoms with Crippen LogP contribution in [0.5, 0.6) is 11.5 Å². The number of aryl methyl sites for hydroxylation is 1. The lowest BCUT2D eigenvalue weighted by molar-refractivity contribution is -0.118. The monoisotopic (exact) mass is 323 g/mol. The Labute approximate surface area is 139 Å². The second-order valence-electron chi connectivity index (χ2n) is 5.92. The van der Waals surface area contributed by atoms with Crippen molar-refractivity contribution in [3.05, 3.63) is 53.6 Å². The summed E-state index contributed by atoms with van der Waals surface area (Å²) in [5.41, 5.74) is 2.40. The van der Waals surface area contributed by atoms with Crippen molar-refractivity contribution >= 4 is 17.4 Å². The lowest BCUT2D eigenvalue weighted by Gasteiger charge is -2.28. The van der Waals surface area contributed by atoms with E-state index in [1.165, 1.54) is 0 Å². The predicted octanol–water partition coefficient (Wildman–Crippen LogP) is 2.97. The number of benzene rings is 2. The minimum Gasteiger partial charge on any atom is -0.454 e. The lowest BCUT2D eigenvalue weighted by atomic mass is 9.99. The molecule has 0 saturated carbocycles. The number of carbonyl (C=O) groups excluding carboxylic acids is 2. The molecule has 0 spiro atoms. The number of Topliss-reactive ketones (excluding diaryl/α,β-unsaturated/α-hetero) is 1. The topological polar surface area (TPSA) is 55.8 Å². The van der Waals surface area contributed by atoms with Crippen molar-refractivity contribution in [1.29, 1.82) is 0 Å². The smallest absolute Gasteiger partial charge is 0.231 e. The van der Waals surface area contributed by atoms with E-state index in [1.807, 2.05) is 36.4 Å². The number of anilines is 1. The minimum absolute atomic E-state index is 0.0348. The highest BCUT2D eigenvalue weighted by Crippen LogP contribution is 2.33. The molecule has 5 nitrogen and oxygen atoms in total. The Kier molecular flexibility index (Phi) is 3.69. The molecular formula is C19H17NO4. The van der Waals surface area contributed by atoms with Crippen LogP contribution in [0, 0.1) is 0 Å². The van der Waals surface area contributed by atoms with Crippen molar-refractivity contribution in [2.75, 3.05) is 18.2 Å². The molecule has 0 N–H and O–H groups in total. The van der Waals surface area contributed by atoms with E-state index in [2.05, 4.69) is 0 Å². The molecule has 1 amide bonds. The zero-order valence-electron chi connectivity index (χ0n) is 13.2. The van der Waals surface area contributed by atoms with Crippen LogP contribution in [0.2, 0.25) is 0 Å². The van der Waals surface area contributed by atoms with Gasteiger partial charge in [0.15, 0.2) is 17.3 Å². The number of rotatable bonds is 3. The lowest BCUT2D eigenvalue weighted by Crippen LogP contribution is -2.37. The second kappa shape index (κ2) is 6.00. The second-order valence-corrected chi connectivity index (χ2v) is 5.92. The van der Waals surface area contributed by atoms with E-state index in [1.54, 1.807) is 11.0 Å². The molecule has 0 unspecified atom stereocenters. The molecule has 2 aromatic carbocycles. The summed E-state index contributed by atoms with van der Waals surface area (Å²) in [4.78, 5) is 26.3. The fraction of sp³-hybridized carbons (Fsp3) is 0.263. The molecule has 0 atom stereocenters. The van der Waals surface area contributed by atoms with Gasteiger partial charge >= 0.3 is 0 Å². The average molecular weight is 323 g/mol. The van der Waals surface area contributed by atoms with E-state index in [-0.39, 0.29) is 18.5 Å². The van der Waals surface area contributed by atoms with Crippen LogP contribution in [0.4, 0.5) is 5.69 Å². The van der Waals surface area contributed by atoms with Crippen molar-refractivity contribution in [1.82, 2.24) is 0 Å². The average Bonchev–Trinajstić information content (AvgIpc) is 3.08. The Morgan fingerprint density at radius 2 is 1.92 bits per heavy atom. The summed E-state index contributed by atoms with van der Waals surface area (Å²) in [6.45, 7) is 0.701. The van der Waals surface area contributed by atoms with Crippen LogP contribution in [0.15, 0.2) is 42.5 Å². The van der Waals surface area contributed by atoms with Crippen LogP contribution in [-0.2, 0) is 11.2 Å². The quantitative estimate of drug-likeness (QED) is 0.871. The number of para-hydroxylation sites is 1. The van der Waals surface area contributed by atoms with Crippen molar-refractivity contribution in [3.63, 3.8) is 0 Å². The standard InChI is InChI=1S/C19H17NO4/c21-16-9-10-20(15-4-2-1-3-14(15)16)19(22)8-6-13-5-7-17-18(11-13)24-12-23-17/h1-5,7,11H,6,8-10,12H2. The van der Waals surface area contributed by atoms with Crippen LogP contribution in [0.3, 0.4) is 0 Å². The highest BCUT2D eigenvalue weighted by molar-refractivity contribution is 6.08. The van der Waals surface area contributed by atoms with Gasteiger partial charge in [0.2, 0.25) is 12.7 Å². The Balaban J connectivity index is 1.47. The van der Waals surface area contributed by atoms with E-state index < -0.39 is 0 Å². The zero-order chi connectivity index (χ0) is 16.5. The summed E-state index contributed by atoms with van der Waals surface area (Å²) in [6.07, 6.45) is 1.40. The number of ketones is 1. The molecule has 0 saturated heterocycles. The normalized spacial score (nSPS) is 15.3. The first-order valence-electron chi connectivity index (χ1n) is 8.03. The third-order valence-corrected chi connectivity index (χ3v) is 4.42. The van der Waals surface area contributed by atoms with E-state index in [0.717, 1.165) is 22.7 Å². The van der Waals surface area contributed by atoms with Gasteiger partial charge in [-0.3, -0.25) is 9.59 Å². The van der Waals surface area contributed by atoms with E-state index in [9.17, 15) is 9.59 Å². The van der Waals surface area contributed by atoms with Crippen LogP contribution < -0.4 is 14.4 Å². The van der Waals surface area contributed by atoms with Crippen molar-refractivity contribution in [2.24, 2.45) is 0 Å². The Bertz CT molecular complexity index is 815. The van der Waals surface area contributed by atoms with Gasteiger partial charge in [-0.25, -0.2) is 0 Å². The van der Waals surface area contributed by atoms with Gasteiger partial charge in [0.1, 0.15) is 0 Å². The van der Waals surface area contributed by atoms with Gasteiger partial charge in [-0.15, -0.1) is 0 Å². The molecule has 2 aliphatic rings. The zero-order valence-corrected chi connectivity index (χ0v) is 13.2. The Morgan fingerprint density at radius 3 is 2.83 bits per heavy atom. The number of hydrogen-bond donors (Lipinski definition) is 0. The van der Waals surface area contributed by atoms with Gasteiger partial charge in [0.05, 0.1) is 5.69 Å². The summed E-state index contributed by atoms with van der Waals surface area (Å²) in [5.74, 6) is 1.61. The maximum atomic E-state index is 12.6. The first kappa shape index (κ1) is 14.8. The number of ether oxygens (including phenoxy) is 2. The predicted molar refractivity (Wildman–Crippen MR) is 88.6 cm³/mol. The molecule has 5 heteroatoms. The molecule has 4 rings (SSSR count). The largest absolute Gasteiger partial charge is 0.454 e. The number of nitrogens with zero attached hydrogens (tertiary/aromatic N) is 1. The number of amides is 1. The van der Waals surface area contributed by atoms with Gasteiger partial charge in [-0.05, 0) is 36.2 Å². The summed E-state index contributed by atoms with van der Waals surface area (Å²) in [5, 5.41) is 0. The maximum Gasteiger partial charge on any atom is 0.231 e. The number of hydrogen-bond acceptors (Lipinski definition) is 4. The first-order valence-corrected chi connectivity index (χ1v) is 8.03. The van der Waals surface area contributed by atoms with Crippen LogP contribution >= 0.6 is 0 Å². The van der Waals surface area contributed by atoms with E-state index >= 15 is 0 Å². The molecule has 2 aliphatic heterocycles. The fourth-order valence-electron chi connectivity index (χ4n) is 3.16. The van der Waals surface area contributed by atoms with Gasteiger partial charge < -0.3 is 14.4 Å². The number of carbonyl (C=O) groups is 2. The molecule has 0 aliphatic carbocycles. The van der Waals surface area contributed by atoms with Crippen molar-refractivity contribution < 1.29 is 19.1 Å². The molecule has 2 heterocycles. The highest BCUT2D eigenvalue weighted by atomic mass is 16.7. The summed E-state index contributed by atoms with van der Waals surface area (Å²) in [7, 11) is 0. The molecule has 24 heavy (non-hydrogen) atoms. The molecule has 0 fully saturated rings. The summed E-state index contributed by atoms with van der Waals surface area (Å²) >= 11 is 0. The first-order chi connectivity index (χ1) is 11.7. The van der Waals surface area contributed by atoms with Gasteiger partial charge in [0, 0.05) is 24.9 Å². The van der Waals surface area contributed by atoms with Crippen LogP contribution in [0.1, 0.15) is 28.8 Å². The molecule has 122 valence electrons. The van der Waals surface area contributed by atoms with E-state index in [0.29, 0.717) is 31.4 Å². The SMILES string of the molecule is O=C1CCN(C(=O)CCc2ccc3c(c2)OCO3)c2ccccc21. The Morgan fingerprint density at radius 1 is 1.08 bits per heavy atom. The van der Waals surface area contributed by atoms with Crippen molar-refractivity contribution in [3.8, 4) is 11.5 Å². The highest BCUT2D eigenvalue weighted by Gasteiger charge is 2.26. The Hall–Kier alpha value is -2.82. The molecular weight excluding hydrogens is 306 g/mol. The van der Waals surface area contributed by atoms with Crippen molar-refractivity contribution in [2.45, 2.75) is 19.3 Å². The van der Waals surface area contributed by atoms with Gasteiger partial charge in [-0.2, -0.15) is 0 Å². The third kappa shape index (κ3) is 2.62. The van der Waals surface area contributed by atoms with E-state index in [4.69, 9.17) is 9.47 Å². The summed E-state index contributed by atoms with van der Waals surface area (Å²) in [6, 6.07) is 13.1. The van der Waals surface area contributed by atoms with Crippen LogP contribution in [-0.4, -0.2) is 25.0 Å². The third-order valence-electron chi connectivity index (χ3n) is 4.42.